The summed E-state index contributed by atoms with van der Waals surface area (Å²) in [5.74, 6) is -0.145. The molecule has 1 aromatic heterocycles. The molecule has 94 valence electrons. The van der Waals surface area contributed by atoms with Gasteiger partial charge >= 0.3 is 0 Å². The lowest BCUT2D eigenvalue weighted by molar-refractivity contribution is 0.386. The van der Waals surface area contributed by atoms with Crippen LogP contribution in [-0.4, -0.2) is 17.3 Å². The van der Waals surface area contributed by atoms with Gasteiger partial charge < -0.3 is 10.5 Å². The maximum absolute atomic E-state index is 13.5. The SMILES string of the molecule is COc1ccc(CC(N)c2ccnnc2)cc1F. The second-order valence-electron chi connectivity index (χ2n) is 3.96. The van der Waals surface area contributed by atoms with E-state index in [1.165, 1.54) is 13.2 Å². The van der Waals surface area contributed by atoms with Gasteiger partial charge in [-0.05, 0) is 35.7 Å². The summed E-state index contributed by atoms with van der Waals surface area (Å²) in [6.45, 7) is 0. The fourth-order valence-electron chi connectivity index (χ4n) is 1.73. The van der Waals surface area contributed by atoms with E-state index in [1.54, 1.807) is 30.6 Å². The number of hydrogen-bond acceptors (Lipinski definition) is 4. The summed E-state index contributed by atoms with van der Waals surface area (Å²) in [6, 6.07) is 6.41. The third-order valence-electron chi connectivity index (χ3n) is 2.71. The summed E-state index contributed by atoms with van der Waals surface area (Å²) in [5, 5.41) is 7.46. The van der Waals surface area contributed by atoms with Crippen LogP contribution in [0.5, 0.6) is 5.75 Å². The number of halogens is 1. The van der Waals surface area contributed by atoms with Gasteiger partial charge in [-0.2, -0.15) is 10.2 Å². The topological polar surface area (TPSA) is 61.0 Å². The zero-order valence-electron chi connectivity index (χ0n) is 10.0. The number of aromatic nitrogens is 2. The number of benzene rings is 1. The van der Waals surface area contributed by atoms with E-state index in [-0.39, 0.29) is 17.6 Å². The molecule has 0 aliphatic rings. The van der Waals surface area contributed by atoms with Crippen LogP contribution in [0.3, 0.4) is 0 Å². The Bertz CT molecular complexity index is 519. The highest BCUT2D eigenvalue weighted by Gasteiger charge is 2.09. The van der Waals surface area contributed by atoms with Gasteiger partial charge in [0.15, 0.2) is 11.6 Å². The minimum atomic E-state index is -0.380. The summed E-state index contributed by atoms with van der Waals surface area (Å²) < 4.78 is 18.4. The van der Waals surface area contributed by atoms with Gasteiger partial charge in [0.1, 0.15) is 0 Å². The van der Waals surface area contributed by atoms with Gasteiger partial charge in [0.05, 0.1) is 13.3 Å². The quantitative estimate of drug-likeness (QED) is 0.895. The highest BCUT2D eigenvalue weighted by atomic mass is 19.1. The van der Waals surface area contributed by atoms with Gasteiger partial charge in [-0.1, -0.05) is 6.07 Å². The van der Waals surface area contributed by atoms with Crippen LogP contribution in [0, 0.1) is 5.82 Å². The molecule has 0 spiro atoms. The third kappa shape index (κ3) is 2.81. The van der Waals surface area contributed by atoms with E-state index in [1.807, 2.05) is 0 Å². The van der Waals surface area contributed by atoms with Crippen molar-refractivity contribution >= 4 is 0 Å². The lowest BCUT2D eigenvalue weighted by atomic mass is 10.0. The van der Waals surface area contributed by atoms with E-state index in [0.29, 0.717) is 6.42 Å². The molecule has 2 aromatic rings. The van der Waals surface area contributed by atoms with E-state index in [0.717, 1.165) is 11.1 Å². The smallest absolute Gasteiger partial charge is 0.165 e. The van der Waals surface area contributed by atoms with E-state index in [2.05, 4.69) is 10.2 Å². The molecule has 0 saturated carbocycles. The van der Waals surface area contributed by atoms with Crippen LogP contribution in [0.25, 0.3) is 0 Å². The fourth-order valence-corrected chi connectivity index (χ4v) is 1.73. The Kier molecular flexibility index (Phi) is 3.84. The van der Waals surface area contributed by atoms with Crippen molar-refractivity contribution in [2.75, 3.05) is 7.11 Å². The molecule has 0 bridgehead atoms. The molecule has 1 unspecified atom stereocenters. The number of ether oxygens (including phenoxy) is 1. The second kappa shape index (κ2) is 5.55. The Morgan fingerprint density at radius 2 is 2.17 bits per heavy atom. The summed E-state index contributed by atoms with van der Waals surface area (Å²) in [4.78, 5) is 0. The minimum Gasteiger partial charge on any atom is -0.494 e. The van der Waals surface area contributed by atoms with Crippen molar-refractivity contribution in [1.82, 2.24) is 10.2 Å². The predicted octanol–water partition coefficient (Wildman–Crippen LogP) is 1.87. The van der Waals surface area contributed by atoms with Crippen molar-refractivity contribution in [2.24, 2.45) is 5.73 Å². The lowest BCUT2D eigenvalue weighted by Gasteiger charge is -2.12. The zero-order chi connectivity index (χ0) is 13.0. The molecule has 0 amide bonds. The van der Waals surface area contributed by atoms with Crippen LogP contribution in [0.1, 0.15) is 17.2 Å². The van der Waals surface area contributed by atoms with Crippen LogP contribution in [0.15, 0.2) is 36.7 Å². The van der Waals surface area contributed by atoms with Gasteiger partial charge in [0, 0.05) is 12.2 Å². The monoisotopic (exact) mass is 247 g/mol. The molecule has 4 nitrogen and oxygen atoms in total. The summed E-state index contributed by atoms with van der Waals surface area (Å²) in [6.07, 6.45) is 3.74. The molecule has 1 aromatic carbocycles. The predicted molar refractivity (Wildman–Crippen MR) is 65.6 cm³/mol. The Morgan fingerprint density at radius 1 is 1.33 bits per heavy atom. The average molecular weight is 247 g/mol. The maximum atomic E-state index is 13.5. The second-order valence-corrected chi connectivity index (χ2v) is 3.96. The van der Waals surface area contributed by atoms with Crippen LogP contribution in [-0.2, 0) is 6.42 Å². The Morgan fingerprint density at radius 3 is 2.78 bits per heavy atom. The van der Waals surface area contributed by atoms with E-state index in [4.69, 9.17) is 10.5 Å². The highest BCUT2D eigenvalue weighted by molar-refractivity contribution is 5.30. The Labute approximate surface area is 105 Å². The van der Waals surface area contributed by atoms with Crippen LogP contribution in [0.2, 0.25) is 0 Å². The summed E-state index contributed by atoms with van der Waals surface area (Å²) in [5.41, 5.74) is 7.72. The highest BCUT2D eigenvalue weighted by Crippen LogP contribution is 2.21. The first-order chi connectivity index (χ1) is 8.70. The molecule has 0 radical (unpaired) electrons. The van der Waals surface area contributed by atoms with Gasteiger partial charge in [-0.3, -0.25) is 0 Å². The molecular formula is C13H14FN3O. The standard InChI is InChI=1S/C13H14FN3O/c1-18-13-3-2-9(6-11(13)14)7-12(15)10-4-5-16-17-8-10/h2-6,8,12H,7,15H2,1H3. The average Bonchev–Trinajstić information content (AvgIpc) is 2.40. The number of rotatable bonds is 4. The van der Waals surface area contributed by atoms with Crippen molar-refractivity contribution in [1.29, 1.82) is 0 Å². The maximum Gasteiger partial charge on any atom is 0.165 e. The molecule has 1 atom stereocenters. The van der Waals surface area contributed by atoms with E-state index >= 15 is 0 Å². The van der Waals surface area contributed by atoms with Crippen molar-refractivity contribution in [3.63, 3.8) is 0 Å². The van der Waals surface area contributed by atoms with Gasteiger partial charge in [0.25, 0.3) is 0 Å². The van der Waals surface area contributed by atoms with Crippen molar-refractivity contribution in [2.45, 2.75) is 12.5 Å². The van der Waals surface area contributed by atoms with Crippen molar-refractivity contribution < 1.29 is 9.13 Å². The minimum absolute atomic E-state index is 0.228. The molecular weight excluding hydrogens is 233 g/mol. The molecule has 1 heterocycles. The first-order valence-corrected chi connectivity index (χ1v) is 5.55. The van der Waals surface area contributed by atoms with Crippen LogP contribution in [0.4, 0.5) is 4.39 Å². The molecule has 0 aliphatic heterocycles. The third-order valence-corrected chi connectivity index (χ3v) is 2.71. The van der Waals surface area contributed by atoms with Crippen LogP contribution >= 0.6 is 0 Å². The molecule has 0 aliphatic carbocycles. The summed E-state index contributed by atoms with van der Waals surface area (Å²) >= 11 is 0. The molecule has 18 heavy (non-hydrogen) atoms. The molecule has 0 saturated heterocycles. The first-order valence-electron chi connectivity index (χ1n) is 5.55. The normalized spacial score (nSPS) is 12.2. The molecule has 0 fully saturated rings. The van der Waals surface area contributed by atoms with Gasteiger partial charge in [-0.15, -0.1) is 0 Å². The number of methoxy groups -OCH3 is 1. The summed E-state index contributed by atoms with van der Waals surface area (Å²) in [7, 11) is 1.44. The molecule has 2 N–H and O–H groups in total. The van der Waals surface area contributed by atoms with E-state index in [9.17, 15) is 4.39 Å². The number of hydrogen-bond donors (Lipinski definition) is 1. The number of nitrogens with two attached hydrogens (primary N) is 1. The van der Waals surface area contributed by atoms with Gasteiger partial charge in [-0.25, -0.2) is 4.39 Å². The first kappa shape index (κ1) is 12.4. The number of nitrogens with zero attached hydrogens (tertiary/aromatic N) is 2. The van der Waals surface area contributed by atoms with Crippen molar-refractivity contribution in [3.05, 3.63) is 53.6 Å². The van der Waals surface area contributed by atoms with E-state index < -0.39 is 0 Å². The Hall–Kier alpha value is -2.01. The largest absolute Gasteiger partial charge is 0.494 e. The van der Waals surface area contributed by atoms with Gasteiger partial charge in [0.2, 0.25) is 0 Å². The van der Waals surface area contributed by atoms with Crippen LogP contribution < -0.4 is 10.5 Å². The Balaban J connectivity index is 2.12. The zero-order valence-corrected chi connectivity index (χ0v) is 10.0. The molecule has 2 rings (SSSR count). The van der Waals surface area contributed by atoms with Crippen molar-refractivity contribution in [3.8, 4) is 5.75 Å². The fraction of sp³-hybridized carbons (Fsp3) is 0.231. The molecule has 5 heteroatoms. The lowest BCUT2D eigenvalue weighted by Crippen LogP contribution is -2.13.